The summed E-state index contributed by atoms with van der Waals surface area (Å²) in [6.07, 6.45) is -1.19. The average molecular weight is 516 g/mol. The van der Waals surface area contributed by atoms with E-state index < -0.39 is 36.3 Å². The zero-order chi connectivity index (χ0) is 27.2. The second-order valence-corrected chi connectivity index (χ2v) is 10.9. The van der Waals surface area contributed by atoms with Gasteiger partial charge in [-0.2, -0.15) is 0 Å². The molecule has 0 aromatic rings. The molecule has 0 spiro atoms. The Kier molecular flexibility index (Phi) is 11.1. The zero-order valence-corrected chi connectivity index (χ0v) is 22.0. The number of piperazine rings is 1. The highest BCUT2D eigenvalue weighted by Gasteiger charge is 2.66. The molecular formula is C25H45N3O8. The summed E-state index contributed by atoms with van der Waals surface area (Å²) >= 11 is 0. The standard InChI is InChI=1S/C15H30N2O5.C10H15NO3/c1-3-4-11(2)15(22)17-7-5-16(6-8-17)9-12(19)14(21)13(20)10-18;1-6(2)8(12)11-4-7-3-10(7,5-11)9(13)14/h11-14,18-21H,3-10H2,1-2H3;6-7H,3-5H2,1-2H3,(H,13,14)/t11?,12-,13+,14-;/m0./s1. The number of aliphatic hydroxyl groups is 4. The van der Waals surface area contributed by atoms with Crippen LogP contribution in [0.15, 0.2) is 0 Å². The normalized spacial score (nSPS) is 27.0. The van der Waals surface area contributed by atoms with E-state index in [1.807, 2.05) is 30.6 Å². The van der Waals surface area contributed by atoms with Gasteiger partial charge in [0, 0.05) is 57.6 Å². The number of carboxylic acids is 1. The maximum atomic E-state index is 12.2. The minimum absolute atomic E-state index is 0.0293. The molecule has 1 aliphatic carbocycles. The molecule has 3 aliphatic rings. The van der Waals surface area contributed by atoms with E-state index in [9.17, 15) is 29.7 Å². The van der Waals surface area contributed by atoms with E-state index in [1.54, 1.807) is 4.90 Å². The summed E-state index contributed by atoms with van der Waals surface area (Å²) in [5.41, 5.74) is -0.579. The molecule has 3 fully saturated rings. The minimum atomic E-state index is -1.37. The first-order chi connectivity index (χ1) is 16.9. The van der Waals surface area contributed by atoms with Gasteiger partial charge in [-0.3, -0.25) is 19.3 Å². The SMILES string of the molecule is CC(C)C(=O)N1CC2CC2(C(=O)O)C1.CCCC(C)C(=O)N1CCN(C[C@H](O)[C@H](O)[C@H](O)CO)CC1. The van der Waals surface area contributed by atoms with Gasteiger partial charge in [-0.05, 0) is 18.8 Å². The van der Waals surface area contributed by atoms with E-state index in [1.165, 1.54) is 0 Å². The molecule has 36 heavy (non-hydrogen) atoms. The predicted octanol–water partition coefficient (Wildman–Crippen LogP) is -0.783. The van der Waals surface area contributed by atoms with Gasteiger partial charge in [0.1, 0.15) is 12.2 Å². The number of hydrogen-bond acceptors (Lipinski definition) is 8. The molecule has 0 bridgehead atoms. The molecule has 2 saturated heterocycles. The van der Waals surface area contributed by atoms with Crippen molar-refractivity contribution >= 4 is 17.8 Å². The van der Waals surface area contributed by atoms with Crippen LogP contribution in [0.5, 0.6) is 0 Å². The number of carbonyl (C=O) groups is 3. The first kappa shape index (κ1) is 30.4. The summed E-state index contributed by atoms with van der Waals surface area (Å²) in [4.78, 5) is 40.3. The fourth-order valence-corrected chi connectivity index (χ4v) is 5.10. The Morgan fingerprint density at radius 2 is 1.56 bits per heavy atom. The van der Waals surface area contributed by atoms with Crippen LogP contribution < -0.4 is 0 Å². The molecule has 2 amide bonds. The van der Waals surface area contributed by atoms with E-state index in [2.05, 4.69) is 6.92 Å². The lowest BCUT2D eigenvalue weighted by Crippen LogP contribution is -2.53. The summed E-state index contributed by atoms with van der Waals surface area (Å²) in [5, 5.41) is 46.6. The molecule has 2 aliphatic heterocycles. The number of β-amino-alcohol motifs (C(OH)–C–C–N with tert-alkyl or cyclic N) is 1. The summed E-state index contributed by atoms with van der Waals surface area (Å²) in [6, 6.07) is 0. The van der Waals surface area contributed by atoms with E-state index in [4.69, 9.17) is 10.2 Å². The van der Waals surface area contributed by atoms with Crippen molar-refractivity contribution in [3.8, 4) is 0 Å². The highest BCUT2D eigenvalue weighted by Crippen LogP contribution is 2.58. The quantitative estimate of drug-likeness (QED) is 0.251. The Labute approximate surface area is 213 Å². The van der Waals surface area contributed by atoms with Crippen molar-refractivity contribution in [3.05, 3.63) is 0 Å². The van der Waals surface area contributed by atoms with E-state index in [0.717, 1.165) is 19.3 Å². The topological polar surface area (TPSA) is 162 Å². The van der Waals surface area contributed by atoms with Crippen LogP contribution in [-0.4, -0.2) is 129 Å². The molecule has 208 valence electrons. The number of fused-ring (bicyclic) bond motifs is 1. The third kappa shape index (κ3) is 7.38. The highest BCUT2D eigenvalue weighted by atomic mass is 16.4. The molecule has 11 heteroatoms. The molecule has 1 saturated carbocycles. The van der Waals surface area contributed by atoms with Crippen LogP contribution in [0.2, 0.25) is 0 Å². The first-order valence-electron chi connectivity index (χ1n) is 13.1. The van der Waals surface area contributed by atoms with Crippen LogP contribution in [0.25, 0.3) is 0 Å². The summed E-state index contributed by atoms with van der Waals surface area (Å²) < 4.78 is 0. The Morgan fingerprint density at radius 3 is 2.03 bits per heavy atom. The van der Waals surface area contributed by atoms with Gasteiger partial charge in [-0.15, -0.1) is 0 Å². The van der Waals surface area contributed by atoms with Gasteiger partial charge in [-0.1, -0.05) is 34.1 Å². The molecule has 5 N–H and O–H groups in total. The third-order valence-electron chi connectivity index (χ3n) is 7.63. The molecule has 0 aromatic heterocycles. The molecular weight excluding hydrogens is 470 g/mol. The van der Waals surface area contributed by atoms with Crippen LogP contribution >= 0.6 is 0 Å². The van der Waals surface area contributed by atoms with Crippen molar-refractivity contribution < 1.29 is 39.9 Å². The van der Waals surface area contributed by atoms with E-state index in [0.29, 0.717) is 39.3 Å². The number of carboxylic acid groups (broad SMARTS) is 1. The third-order valence-corrected chi connectivity index (χ3v) is 7.63. The monoisotopic (exact) mass is 515 g/mol. The fraction of sp³-hybridized carbons (Fsp3) is 0.880. The average Bonchev–Trinajstić information content (AvgIpc) is 3.43. The lowest BCUT2D eigenvalue weighted by Gasteiger charge is -2.37. The van der Waals surface area contributed by atoms with Crippen molar-refractivity contribution in [3.63, 3.8) is 0 Å². The Bertz CT molecular complexity index is 758. The second-order valence-electron chi connectivity index (χ2n) is 10.9. The van der Waals surface area contributed by atoms with Gasteiger partial charge < -0.3 is 35.3 Å². The summed E-state index contributed by atoms with van der Waals surface area (Å²) in [6.45, 7) is 10.9. The van der Waals surface area contributed by atoms with Crippen molar-refractivity contribution in [1.29, 1.82) is 0 Å². The number of nitrogens with zero attached hydrogens (tertiary/aromatic N) is 3. The molecule has 3 unspecified atom stereocenters. The largest absolute Gasteiger partial charge is 0.481 e. The minimum Gasteiger partial charge on any atom is -0.481 e. The molecule has 2 heterocycles. The summed E-state index contributed by atoms with van der Waals surface area (Å²) in [7, 11) is 0. The van der Waals surface area contributed by atoms with E-state index in [-0.39, 0.29) is 36.1 Å². The number of likely N-dealkylation sites (tertiary alicyclic amines) is 1. The van der Waals surface area contributed by atoms with Gasteiger partial charge in [0.2, 0.25) is 11.8 Å². The number of aliphatic carboxylic acids is 1. The van der Waals surface area contributed by atoms with Crippen molar-refractivity contribution in [2.24, 2.45) is 23.2 Å². The number of piperidine rings is 1. The van der Waals surface area contributed by atoms with Gasteiger partial charge in [0.05, 0.1) is 18.1 Å². The number of hydrogen-bond donors (Lipinski definition) is 5. The lowest BCUT2D eigenvalue weighted by molar-refractivity contribution is -0.144. The van der Waals surface area contributed by atoms with Crippen molar-refractivity contribution in [2.45, 2.75) is 65.3 Å². The zero-order valence-electron chi connectivity index (χ0n) is 22.0. The van der Waals surface area contributed by atoms with Gasteiger partial charge >= 0.3 is 5.97 Å². The Hall–Kier alpha value is -1.79. The number of amides is 2. The number of aliphatic hydroxyl groups excluding tert-OH is 4. The lowest BCUT2D eigenvalue weighted by atomic mass is 10.0. The Balaban J connectivity index is 0.000000278. The second kappa shape index (κ2) is 13.1. The highest BCUT2D eigenvalue weighted by molar-refractivity contribution is 5.84. The summed E-state index contributed by atoms with van der Waals surface area (Å²) in [5.74, 6) is -0.248. The van der Waals surface area contributed by atoms with Crippen LogP contribution in [0.3, 0.4) is 0 Å². The van der Waals surface area contributed by atoms with Crippen LogP contribution in [0.1, 0.15) is 47.0 Å². The fourth-order valence-electron chi connectivity index (χ4n) is 5.10. The molecule has 0 aromatic carbocycles. The Morgan fingerprint density at radius 1 is 0.944 bits per heavy atom. The molecule has 11 nitrogen and oxygen atoms in total. The molecule has 3 rings (SSSR count). The molecule has 0 radical (unpaired) electrons. The van der Waals surface area contributed by atoms with Crippen LogP contribution in [0.4, 0.5) is 0 Å². The van der Waals surface area contributed by atoms with Gasteiger partial charge in [0.25, 0.3) is 0 Å². The first-order valence-corrected chi connectivity index (χ1v) is 13.1. The van der Waals surface area contributed by atoms with Gasteiger partial charge in [0.15, 0.2) is 0 Å². The maximum Gasteiger partial charge on any atom is 0.311 e. The van der Waals surface area contributed by atoms with Crippen molar-refractivity contribution in [1.82, 2.24) is 14.7 Å². The number of rotatable bonds is 10. The molecule has 6 atom stereocenters. The predicted molar refractivity (Wildman–Crippen MR) is 132 cm³/mol. The van der Waals surface area contributed by atoms with Crippen LogP contribution in [0, 0.1) is 23.2 Å². The van der Waals surface area contributed by atoms with Crippen LogP contribution in [-0.2, 0) is 14.4 Å². The maximum absolute atomic E-state index is 12.2. The van der Waals surface area contributed by atoms with Crippen molar-refractivity contribution in [2.75, 3.05) is 52.4 Å². The van der Waals surface area contributed by atoms with Gasteiger partial charge in [-0.25, -0.2) is 0 Å². The number of carbonyl (C=O) groups excluding carboxylic acids is 2. The van der Waals surface area contributed by atoms with E-state index >= 15 is 0 Å². The smallest absolute Gasteiger partial charge is 0.311 e.